The Bertz CT molecular complexity index is 300. The highest BCUT2D eigenvalue weighted by Gasteiger charge is 2.34. The molecule has 5 heteroatoms. The molecule has 66 valence electrons. The molecule has 0 spiro atoms. The number of halogens is 3. The van der Waals surface area contributed by atoms with Crippen LogP contribution in [0.1, 0.15) is 15.9 Å². The molecule has 1 heterocycles. The number of aromatic nitrogens is 1. The fraction of sp³-hybridized carbons (Fsp3) is 0.286. The van der Waals surface area contributed by atoms with Crippen LogP contribution in [0, 0.1) is 0 Å². The van der Waals surface area contributed by atoms with Crippen molar-refractivity contribution in [2.24, 2.45) is 7.05 Å². The second kappa shape index (κ2) is 2.66. The molecule has 0 aromatic carbocycles. The van der Waals surface area contributed by atoms with E-state index in [4.69, 9.17) is 0 Å². The van der Waals surface area contributed by atoms with Crippen molar-refractivity contribution in [2.45, 2.75) is 6.18 Å². The first-order chi connectivity index (χ1) is 5.45. The third kappa shape index (κ3) is 1.49. The van der Waals surface area contributed by atoms with E-state index in [1.165, 1.54) is 11.6 Å². The van der Waals surface area contributed by atoms with E-state index in [0.29, 0.717) is 0 Å². The number of aryl methyl sites for hydroxylation is 1. The largest absolute Gasteiger partial charge is 0.418 e. The van der Waals surface area contributed by atoms with Gasteiger partial charge in [0.1, 0.15) is 0 Å². The zero-order valence-electron chi connectivity index (χ0n) is 6.22. The molecule has 2 nitrogen and oxygen atoms in total. The maximum Gasteiger partial charge on any atom is 0.418 e. The standard InChI is InChI=1S/C7H6F3NO/c1-11-2-5(4-12)6(3-11)7(8,9)10/h2-4H,1H3. The minimum Gasteiger partial charge on any atom is -0.356 e. The van der Waals surface area contributed by atoms with Crippen molar-refractivity contribution < 1.29 is 18.0 Å². The Morgan fingerprint density at radius 3 is 2.33 bits per heavy atom. The number of carbonyl (C=O) groups is 1. The SMILES string of the molecule is Cn1cc(C=O)c(C(F)(F)F)c1. The second-order valence-electron chi connectivity index (χ2n) is 2.41. The molecule has 1 aromatic heterocycles. The number of rotatable bonds is 1. The summed E-state index contributed by atoms with van der Waals surface area (Å²) in [5.74, 6) is 0. The van der Waals surface area contributed by atoms with Gasteiger partial charge in [-0.15, -0.1) is 0 Å². The van der Waals surface area contributed by atoms with Gasteiger partial charge in [-0.25, -0.2) is 0 Å². The fourth-order valence-corrected chi connectivity index (χ4v) is 0.935. The van der Waals surface area contributed by atoms with Gasteiger partial charge in [-0.2, -0.15) is 13.2 Å². The van der Waals surface area contributed by atoms with Gasteiger partial charge < -0.3 is 4.57 Å². The van der Waals surface area contributed by atoms with Crippen LogP contribution in [0.3, 0.4) is 0 Å². The molecular weight excluding hydrogens is 171 g/mol. The minimum absolute atomic E-state index is 0.197. The highest BCUT2D eigenvalue weighted by atomic mass is 19.4. The molecule has 0 unspecified atom stereocenters. The van der Waals surface area contributed by atoms with Gasteiger partial charge in [0.25, 0.3) is 0 Å². The van der Waals surface area contributed by atoms with Gasteiger partial charge in [0, 0.05) is 25.0 Å². The van der Waals surface area contributed by atoms with E-state index >= 15 is 0 Å². The number of alkyl halides is 3. The molecule has 0 aliphatic rings. The van der Waals surface area contributed by atoms with E-state index in [0.717, 1.165) is 12.4 Å². The number of nitrogens with zero attached hydrogens (tertiary/aromatic N) is 1. The predicted octanol–water partition coefficient (Wildman–Crippen LogP) is 1.86. The number of hydrogen-bond donors (Lipinski definition) is 0. The molecule has 1 rings (SSSR count). The van der Waals surface area contributed by atoms with Gasteiger partial charge in [-0.05, 0) is 0 Å². The molecule has 0 saturated carbocycles. The summed E-state index contributed by atoms with van der Waals surface area (Å²) < 4.78 is 37.4. The van der Waals surface area contributed by atoms with Gasteiger partial charge >= 0.3 is 6.18 Å². The summed E-state index contributed by atoms with van der Waals surface area (Å²) in [6, 6.07) is 0. The smallest absolute Gasteiger partial charge is 0.356 e. The summed E-state index contributed by atoms with van der Waals surface area (Å²) in [7, 11) is 1.43. The van der Waals surface area contributed by atoms with E-state index in [1.54, 1.807) is 0 Å². The van der Waals surface area contributed by atoms with Gasteiger partial charge in [-0.1, -0.05) is 0 Å². The van der Waals surface area contributed by atoms with Crippen LogP contribution in [0.2, 0.25) is 0 Å². The maximum absolute atomic E-state index is 12.1. The van der Waals surface area contributed by atoms with Crippen molar-refractivity contribution >= 4 is 6.29 Å². The van der Waals surface area contributed by atoms with Crippen molar-refractivity contribution in [3.8, 4) is 0 Å². The number of hydrogen-bond acceptors (Lipinski definition) is 1. The van der Waals surface area contributed by atoms with Crippen molar-refractivity contribution in [3.05, 3.63) is 23.5 Å². The third-order valence-corrected chi connectivity index (χ3v) is 1.42. The summed E-state index contributed by atoms with van der Waals surface area (Å²) in [6.45, 7) is 0. The fourth-order valence-electron chi connectivity index (χ4n) is 0.935. The molecule has 0 fully saturated rings. The van der Waals surface area contributed by atoms with Gasteiger partial charge in [0.2, 0.25) is 0 Å². The topological polar surface area (TPSA) is 22.0 Å². The van der Waals surface area contributed by atoms with Crippen LogP contribution >= 0.6 is 0 Å². The van der Waals surface area contributed by atoms with Gasteiger partial charge in [0.05, 0.1) is 5.56 Å². The average molecular weight is 177 g/mol. The normalized spacial score (nSPS) is 11.7. The summed E-state index contributed by atoms with van der Waals surface area (Å²) >= 11 is 0. The van der Waals surface area contributed by atoms with Crippen LogP contribution in [0.5, 0.6) is 0 Å². The lowest BCUT2D eigenvalue weighted by atomic mass is 10.2. The van der Waals surface area contributed by atoms with Crippen LogP contribution in [0.15, 0.2) is 12.4 Å². The quantitative estimate of drug-likeness (QED) is 0.600. The molecule has 0 amide bonds. The summed E-state index contributed by atoms with van der Waals surface area (Å²) in [6.07, 6.45) is -2.24. The Kier molecular flexibility index (Phi) is 1.95. The van der Waals surface area contributed by atoms with E-state index < -0.39 is 11.7 Å². The molecule has 0 N–H and O–H groups in total. The monoisotopic (exact) mass is 177 g/mol. The van der Waals surface area contributed by atoms with Gasteiger partial charge in [0.15, 0.2) is 6.29 Å². The van der Waals surface area contributed by atoms with Crippen molar-refractivity contribution in [1.82, 2.24) is 4.57 Å². The Morgan fingerprint density at radius 2 is 2.00 bits per heavy atom. The van der Waals surface area contributed by atoms with E-state index in [9.17, 15) is 18.0 Å². The summed E-state index contributed by atoms with van der Waals surface area (Å²) in [5.41, 5.74) is -1.22. The molecule has 0 radical (unpaired) electrons. The molecule has 0 aliphatic carbocycles. The van der Waals surface area contributed by atoms with Crippen LogP contribution in [0.25, 0.3) is 0 Å². The first kappa shape index (κ1) is 8.83. The molecule has 0 saturated heterocycles. The Morgan fingerprint density at radius 1 is 1.42 bits per heavy atom. The van der Waals surface area contributed by atoms with Crippen LogP contribution in [-0.2, 0) is 13.2 Å². The molecule has 1 aromatic rings. The average Bonchev–Trinajstić information content (AvgIpc) is 2.29. The maximum atomic E-state index is 12.1. The second-order valence-corrected chi connectivity index (χ2v) is 2.41. The first-order valence-electron chi connectivity index (χ1n) is 3.13. The van der Waals surface area contributed by atoms with Crippen molar-refractivity contribution in [1.29, 1.82) is 0 Å². The van der Waals surface area contributed by atoms with Crippen molar-refractivity contribution in [3.63, 3.8) is 0 Å². The highest BCUT2D eigenvalue weighted by molar-refractivity contribution is 5.77. The Labute approximate surface area is 66.6 Å². The lowest BCUT2D eigenvalue weighted by Crippen LogP contribution is -2.06. The number of aldehydes is 1. The summed E-state index contributed by atoms with van der Waals surface area (Å²) in [5, 5.41) is 0. The predicted molar refractivity (Wildman–Crippen MR) is 35.8 cm³/mol. The Hall–Kier alpha value is -1.26. The third-order valence-electron chi connectivity index (χ3n) is 1.42. The zero-order valence-corrected chi connectivity index (χ0v) is 6.22. The van der Waals surface area contributed by atoms with E-state index in [-0.39, 0.29) is 11.8 Å². The minimum atomic E-state index is -4.45. The lowest BCUT2D eigenvalue weighted by molar-refractivity contribution is -0.137. The first-order valence-corrected chi connectivity index (χ1v) is 3.13. The summed E-state index contributed by atoms with van der Waals surface area (Å²) in [4.78, 5) is 10.2. The molecule has 12 heavy (non-hydrogen) atoms. The van der Waals surface area contributed by atoms with Crippen LogP contribution in [0.4, 0.5) is 13.2 Å². The Balaban J connectivity index is 3.22. The molecule has 0 atom stereocenters. The molecular formula is C7H6F3NO. The molecule has 0 bridgehead atoms. The van der Waals surface area contributed by atoms with E-state index in [2.05, 4.69) is 0 Å². The van der Waals surface area contributed by atoms with Crippen LogP contribution < -0.4 is 0 Å². The van der Waals surface area contributed by atoms with Crippen LogP contribution in [-0.4, -0.2) is 10.9 Å². The van der Waals surface area contributed by atoms with Gasteiger partial charge in [-0.3, -0.25) is 4.79 Å². The zero-order chi connectivity index (χ0) is 9.35. The lowest BCUT2D eigenvalue weighted by Gasteiger charge is -2.02. The number of carbonyl (C=O) groups excluding carboxylic acids is 1. The molecule has 0 aliphatic heterocycles. The highest BCUT2D eigenvalue weighted by Crippen LogP contribution is 2.31. The van der Waals surface area contributed by atoms with E-state index in [1.807, 2.05) is 0 Å². The van der Waals surface area contributed by atoms with Crippen molar-refractivity contribution in [2.75, 3.05) is 0 Å².